The number of nitrogens with one attached hydrogen (secondary N) is 1. The molecule has 0 aliphatic rings. The molecule has 7 nitrogen and oxygen atoms in total. The summed E-state index contributed by atoms with van der Waals surface area (Å²) in [6.45, 7) is 8.85. The molecule has 0 unspecified atom stereocenters. The van der Waals surface area contributed by atoms with Crippen molar-refractivity contribution >= 4 is 18.1 Å². The van der Waals surface area contributed by atoms with Crippen LogP contribution in [0.2, 0.25) is 0 Å². The molecule has 1 amide bonds. The molecule has 0 atom stereocenters. The van der Waals surface area contributed by atoms with E-state index in [1.807, 2.05) is 37.9 Å². The summed E-state index contributed by atoms with van der Waals surface area (Å²) in [5, 5.41) is 11.1. The number of nitrogens with zero attached hydrogens (tertiary/aromatic N) is 5. The van der Waals surface area contributed by atoms with Gasteiger partial charge in [0.2, 0.25) is 10.7 Å². The molecule has 2 rings (SSSR count). The first kappa shape index (κ1) is 19.3. The van der Waals surface area contributed by atoms with Crippen LogP contribution in [0.5, 0.6) is 0 Å². The normalized spacial score (nSPS) is 11.5. The number of aromatic nitrogens is 4. The molecule has 1 aromatic heterocycles. The van der Waals surface area contributed by atoms with E-state index >= 15 is 0 Å². The predicted octanol–water partition coefficient (Wildman–Crippen LogP) is 2.34. The fourth-order valence-electron chi connectivity index (χ4n) is 2.42. The van der Waals surface area contributed by atoms with Crippen LogP contribution in [0.25, 0.3) is 5.69 Å². The average molecular weight is 363 g/mol. The summed E-state index contributed by atoms with van der Waals surface area (Å²) in [6.07, 6.45) is 0. The van der Waals surface area contributed by atoms with Crippen LogP contribution in [-0.4, -0.2) is 50.2 Å². The minimum absolute atomic E-state index is 0.0271. The van der Waals surface area contributed by atoms with Crippen molar-refractivity contribution in [2.75, 3.05) is 13.6 Å². The van der Waals surface area contributed by atoms with E-state index in [2.05, 4.69) is 41.7 Å². The zero-order chi connectivity index (χ0) is 18.6. The molecule has 25 heavy (non-hydrogen) atoms. The number of hydrogen-bond donors (Lipinski definition) is 1. The maximum absolute atomic E-state index is 11.8. The summed E-state index contributed by atoms with van der Waals surface area (Å²) in [7, 11) is 1.85. The molecule has 1 heterocycles. The zero-order valence-electron chi connectivity index (χ0n) is 15.4. The van der Waals surface area contributed by atoms with Crippen molar-refractivity contribution in [2.45, 2.75) is 46.3 Å². The van der Waals surface area contributed by atoms with Gasteiger partial charge in [0, 0.05) is 6.04 Å². The Labute approximate surface area is 153 Å². The lowest BCUT2D eigenvalue weighted by Crippen LogP contribution is -2.39. The highest BCUT2D eigenvalue weighted by molar-refractivity contribution is 7.71. The van der Waals surface area contributed by atoms with Crippen molar-refractivity contribution in [3.63, 3.8) is 0 Å². The van der Waals surface area contributed by atoms with Gasteiger partial charge in [0.15, 0.2) is 0 Å². The predicted molar refractivity (Wildman–Crippen MR) is 100 cm³/mol. The Morgan fingerprint density at radius 2 is 1.84 bits per heavy atom. The molecule has 136 valence electrons. The first-order chi connectivity index (χ1) is 11.8. The van der Waals surface area contributed by atoms with E-state index < -0.39 is 0 Å². The zero-order valence-corrected chi connectivity index (χ0v) is 16.2. The van der Waals surface area contributed by atoms with Crippen molar-refractivity contribution in [3.05, 3.63) is 34.6 Å². The molecule has 8 heteroatoms. The Balaban J connectivity index is 2.08. The van der Waals surface area contributed by atoms with Gasteiger partial charge < -0.3 is 5.32 Å². The van der Waals surface area contributed by atoms with Gasteiger partial charge >= 0.3 is 0 Å². The molecule has 0 aliphatic heterocycles. The number of benzene rings is 1. The number of rotatable bonds is 7. The van der Waals surface area contributed by atoms with Crippen LogP contribution in [0.4, 0.5) is 0 Å². The van der Waals surface area contributed by atoms with Gasteiger partial charge in [0.1, 0.15) is 0 Å². The third kappa shape index (κ3) is 5.20. The lowest BCUT2D eigenvalue weighted by Gasteiger charge is -2.16. The lowest BCUT2D eigenvalue weighted by molar-refractivity contribution is -0.122. The van der Waals surface area contributed by atoms with Crippen molar-refractivity contribution in [1.29, 1.82) is 0 Å². The Morgan fingerprint density at radius 1 is 1.20 bits per heavy atom. The summed E-state index contributed by atoms with van der Waals surface area (Å²) in [5.74, 6) is 0.448. The minimum Gasteiger partial charge on any atom is -0.353 e. The SMILES string of the molecule is CC(C)NC(=O)CN(C)Cn1nnn(-c2ccc(C(C)C)cc2)c1=S. The Kier molecular flexibility index (Phi) is 6.44. The van der Waals surface area contributed by atoms with Crippen LogP contribution in [0.1, 0.15) is 39.2 Å². The number of carbonyl (C=O) groups is 1. The minimum atomic E-state index is -0.0271. The summed E-state index contributed by atoms with van der Waals surface area (Å²) >= 11 is 5.47. The lowest BCUT2D eigenvalue weighted by atomic mass is 10.0. The Bertz CT molecular complexity index is 762. The van der Waals surface area contributed by atoms with E-state index in [9.17, 15) is 4.79 Å². The molecule has 2 aromatic rings. The van der Waals surface area contributed by atoms with Gasteiger partial charge in [0.05, 0.1) is 18.9 Å². The van der Waals surface area contributed by atoms with Gasteiger partial charge in [-0.05, 0) is 67.2 Å². The van der Waals surface area contributed by atoms with Gasteiger partial charge in [0.25, 0.3) is 0 Å². The molecule has 0 bridgehead atoms. The molecule has 1 N–H and O–H groups in total. The second-order valence-corrected chi connectivity index (χ2v) is 7.16. The summed E-state index contributed by atoms with van der Waals surface area (Å²) in [4.78, 5) is 13.7. The topological polar surface area (TPSA) is 68.0 Å². The Morgan fingerprint density at radius 3 is 2.40 bits per heavy atom. The van der Waals surface area contributed by atoms with Crippen molar-refractivity contribution in [1.82, 2.24) is 30.0 Å². The van der Waals surface area contributed by atoms with E-state index in [0.29, 0.717) is 17.4 Å². The van der Waals surface area contributed by atoms with E-state index in [1.54, 1.807) is 9.36 Å². The van der Waals surface area contributed by atoms with Gasteiger partial charge in [-0.15, -0.1) is 0 Å². The van der Waals surface area contributed by atoms with Crippen molar-refractivity contribution in [2.24, 2.45) is 0 Å². The Hall–Kier alpha value is -2.06. The van der Waals surface area contributed by atoms with E-state index in [4.69, 9.17) is 12.2 Å². The first-order valence-corrected chi connectivity index (χ1v) is 8.79. The van der Waals surface area contributed by atoms with Crippen LogP contribution in [-0.2, 0) is 11.5 Å². The highest BCUT2D eigenvalue weighted by Gasteiger charge is 2.11. The van der Waals surface area contributed by atoms with Gasteiger partial charge in [-0.25, -0.2) is 4.68 Å². The molecule has 0 spiro atoms. The number of tetrazole rings is 1. The molecule has 0 saturated heterocycles. The molecular weight excluding hydrogens is 336 g/mol. The van der Waals surface area contributed by atoms with E-state index in [-0.39, 0.29) is 18.5 Å². The maximum atomic E-state index is 11.8. The first-order valence-electron chi connectivity index (χ1n) is 8.39. The fourth-order valence-corrected chi connectivity index (χ4v) is 2.65. The van der Waals surface area contributed by atoms with Crippen LogP contribution in [0.15, 0.2) is 24.3 Å². The van der Waals surface area contributed by atoms with Crippen LogP contribution in [0.3, 0.4) is 0 Å². The smallest absolute Gasteiger partial charge is 0.234 e. The molecule has 0 saturated carbocycles. The number of likely N-dealkylation sites (N-methyl/N-ethyl adjacent to an activating group) is 1. The van der Waals surface area contributed by atoms with Crippen LogP contribution in [0, 0.1) is 4.77 Å². The van der Waals surface area contributed by atoms with Gasteiger partial charge in [-0.2, -0.15) is 4.68 Å². The molecule has 0 radical (unpaired) electrons. The largest absolute Gasteiger partial charge is 0.353 e. The van der Waals surface area contributed by atoms with Crippen LogP contribution >= 0.6 is 12.2 Å². The second-order valence-electron chi connectivity index (χ2n) is 6.80. The standard InChI is InChI=1S/C17H26N6OS/c1-12(2)14-6-8-15(9-7-14)23-17(25)22(19-20-23)11-21(5)10-16(24)18-13(3)4/h6-9,12-13H,10-11H2,1-5H3,(H,18,24). The highest BCUT2D eigenvalue weighted by Crippen LogP contribution is 2.16. The average Bonchev–Trinajstić information content (AvgIpc) is 2.87. The van der Waals surface area contributed by atoms with E-state index in [0.717, 1.165) is 5.69 Å². The second kappa shape index (κ2) is 8.35. The summed E-state index contributed by atoms with van der Waals surface area (Å²) < 4.78 is 3.73. The highest BCUT2D eigenvalue weighted by atomic mass is 32.1. The molecular formula is C17H26N6OS. The third-order valence-corrected chi connectivity index (χ3v) is 4.07. The number of hydrogen-bond acceptors (Lipinski definition) is 5. The molecule has 1 aromatic carbocycles. The quantitative estimate of drug-likeness (QED) is 0.766. The molecule has 0 aliphatic carbocycles. The van der Waals surface area contributed by atoms with E-state index in [1.165, 1.54) is 5.56 Å². The number of amides is 1. The maximum Gasteiger partial charge on any atom is 0.234 e. The summed E-state index contributed by atoms with van der Waals surface area (Å²) in [6, 6.07) is 8.25. The number of carbonyl (C=O) groups excluding carboxylic acids is 1. The van der Waals surface area contributed by atoms with Gasteiger partial charge in [-0.3, -0.25) is 9.69 Å². The fraction of sp³-hybridized carbons (Fsp3) is 0.529. The van der Waals surface area contributed by atoms with Gasteiger partial charge in [-0.1, -0.05) is 26.0 Å². The van der Waals surface area contributed by atoms with Crippen LogP contribution < -0.4 is 5.32 Å². The third-order valence-electron chi connectivity index (χ3n) is 3.68. The molecule has 0 fully saturated rings. The monoisotopic (exact) mass is 362 g/mol. The summed E-state index contributed by atoms with van der Waals surface area (Å²) in [5.41, 5.74) is 2.14. The van der Waals surface area contributed by atoms with Crippen molar-refractivity contribution in [3.8, 4) is 5.69 Å². The van der Waals surface area contributed by atoms with Crippen molar-refractivity contribution < 1.29 is 4.79 Å².